The van der Waals surface area contributed by atoms with Crippen LogP contribution in [0.3, 0.4) is 0 Å². The zero-order valence-electron chi connectivity index (χ0n) is 11.7. The Balaban J connectivity index is 2.98. The van der Waals surface area contributed by atoms with Crippen LogP contribution in [0.15, 0.2) is 23.1 Å². The van der Waals surface area contributed by atoms with Crippen LogP contribution < -0.4 is 15.2 Å². The fourth-order valence-corrected chi connectivity index (χ4v) is 2.69. The number of carbonyl (C=O) groups excluding carboxylic acids is 1. The van der Waals surface area contributed by atoms with Crippen LogP contribution in [0.5, 0.6) is 5.75 Å². The van der Waals surface area contributed by atoms with Gasteiger partial charge in [0.1, 0.15) is 5.75 Å². The van der Waals surface area contributed by atoms with Crippen molar-refractivity contribution in [2.45, 2.75) is 11.0 Å². The van der Waals surface area contributed by atoms with Gasteiger partial charge in [-0.1, -0.05) is 0 Å². The molecule has 0 fully saturated rings. The number of hydrogen-bond acceptors (Lipinski definition) is 6. The Morgan fingerprint density at radius 3 is 2.62 bits per heavy atom. The number of nitrogens with two attached hydrogens (primary N) is 1. The van der Waals surface area contributed by atoms with Gasteiger partial charge in [0.2, 0.25) is 10.0 Å². The first-order chi connectivity index (χ1) is 9.81. The lowest BCUT2D eigenvalue weighted by molar-refractivity contribution is 0.0679. The molecule has 1 amide bonds. The van der Waals surface area contributed by atoms with Gasteiger partial charge >= 0.3 is 0 Å². The summed E-state index contributed by atoms with van der Waals surface area (Å²) in [5.74, 6) is -0.621. The lowest BCUT2D eigenvalue weighted by Gasteiger charge is -2.12. The van der Waals surface area contributed by atoms with Gasteiger partial charge in [-0.3, -0.25) is 4.79 Å². The van der Waals surface area contributed by atoms with Gasteiger partial charge in [0.25, 0.3) is 5.91 Å². The van der Waals surface area contributed by atoms with E-state index >= 15 is 0 Å². The number of nitrogens with one attached hydrogen (secondary N) is 1. The summed E-state index contributed by atoms with van der Waals surface area (Å²) >= 11 is 0. The predicted octanol–water partition coefficient (Wildman–Crippen LogP) is -0.920. The number of hydrogen-bond donors (Lipinski definition) is 3. The van der Waals surface area contributed by atoms with Gasteiger partial charge in [-0.05, 0) is 18.2 Å². The summed E-state index contributed by atoms with van der Waals surface area (Å²) in [7, 11) is -1.15. The van der Waals surface area contributed by atoms with Crippen molar-refractivity contribution in [3.8, 4) is 5.75 Å². The number of aliphatic hydroxyl groups excluding tert-OH is 1. The van der Waals surface area contributed by atoms with Gasteiger partial charge in [0.05, 0.1) is 30.3 Å². The van der Waals surface area contributed by atoms with Crippen molar-refractivity contribution in [2.24, 2.45) is 5.73 Å². The average Bonchev–Trinajstić information content (AvgIpc) is 2.44. The highest BCUT2D eigenvalue weighted by Crippen LogP contribution is 2.21. The van der Waals surface area contributed by atoms with Gasteiger partial charge in [-0.15, -0.1) is 0 Å². The maximum Gasteiger partial charge on any atom is 0.252 e. The van der Waals surface area contributed by atoms with Crippen LogP contribution in [0.25, 0.3) is 0 Å². The van der Waals surface area contributed by atoms with Gasteiger partial charge in [-0.2, -0.15) is 0 Å². The SMILES string of the molecule is COCC(O)CNS(=O)(=O)c1ccc(OC)c(C(N)=O)c1. The predicted molar refractivity (Wildman–Crippen MR) is 74.6 cm³/mol. The third-order valence-corrected chi connectivity index (χ3v) is 4.04. The molecule has 1 aromatic carbocycles. The maximum atomic E-state index is 12.1. The van der Waals surface area contributed by atoms with Crippen molar-refractivity contribution in [3.63, 3.8) is 0 Å². The smallest absolute Gasteiger partial charge is 0.252 e. The lowest BCUT2D eigenvalue weighted by atomic mass is 10.2. The van der Waals surface area contributed by atoms with E-state index in [-0.39, 0.29) is 29.4 Å². The molecule has 0 aromatic heterocycles. The zero-order valence-corrected chi connectivity index (χ0v) is 12.5. The molecule has 0 aliphatic carbocycles. The summed E-state index contributed by atoms with van der Waals surface area (Å²) < 4.78 is 36.0. The van der Waals surface area contributed by atoms with Gasteiger partial charge in [-0.25, -0.2) is 13.1 Å². The third-order valence-electron chi connectivity index (χ3n) is 2.61. The molecule has 1 atom stereocenters. The molecule has 8 nitrogen and oxygen atoms in total. The molecule has 1 aromatic rings. The van der Waals surface area contributed by atoms with Crippen molar-refractivity contribution in [2.75, 3.05) is 27.4 Å². The minimum absolute atomic E-state index is 0.00231. The maximum absolute atomic E-state index is 12.1. The number of amides is 1. The van der Waals surface area contributed by atoms with Crippen LogP contribution in [0, 0.1) is 0 Å². The molecule has 21 heavy (non-hydrogen) atoms. The van der Waals surface area contributed by atoms with Gasteiger partial charge < -0.3 is 20.3 Å². The number of benzene rings is 1. The van der Waals surface area contributed by atoms with E-state index in [1.54, 1.807) is 0 Å². The molecule has 0 saturated heterocycles. The molecule has 1 unspecified atom stereocenters. The minimum Gasteiger partial charge on any atom is -0.496 e. The van der Waals surface area contributed by atoms with Crippen molar-refractivity contribution >= 4 is 15.9 Å². The molecule has 0 bridgehead atoms. The van der Waals surface area contributed by atoms with E-state index in [4.69, 9.17) is 15.2 Å². The normalized spacial score (nSPS) is 12.9. The highest BCUT2D eigenvalue weighted by molar-refractivity contribution is 7.89. The van der Waals surface area contributed by atoms with Crippen LogP contribution in [-0.2, 0) is 14.8 Å². The van der Waals surface area contributed by atoms with E-state index in [0.29, 0.717) is 0 Å². The Kier molecular flexibility index (Phi) is 6.09. The number of carbonyl (C=O) groups is 1. The van der Waals surface area contributed by atoms with Crippen LogP contribution in [0.2, 0.25) is 0 Å². The summed E-state index contributed by atoms with van der Waals surface area (Å²) in [5, 5.41) is 9.44. The highest BCUT2D eigenvalue weighted by Gasteiger charge is 2.19. The van der Waals surface area contributed by atoms with Crippen LogP contribution in [-0.4, -0.2) is 52.9 Å². The standard InChI is InChI=1S/C12H18N2O6S/c1-19-7-8(15)6-14-21(17,18)9-3-4-11(20-2)10(5-9)12(13)16/h3-5,8,14-15H,6-7H2,1-2H3,(H2,13,16). The topological polar surface area (TPSA) is 128 Å². The average molecular weight is 318 g/mol. The van der Waals surface area contributed by atoms with Gasteiger partial charge in [0, 0.05) is 13.7 Å². The Morgan fingerprint density at radius 2 is 2.10 bits per heavy atom. The Bertz CT molecular complexity index is 602. The van der Waals surface area contributed by atoms with E-state index in [1.165, 1.54) is 26.4 Å². The summed E-state index contributed by atoms with van der Waals surface area (Å²) in [6.45, 7) is -0.216. The molecule has 0 aliphatic heterocycles. The second-order valence-corrected chi connectivity index (χ2v) is 5.95. The fourth-order valence-electron chi connectivity index (χ4n) is 1.59. The quantitative estimate of drug-likeness (QED) is 0.569. The molecule has 118 valence electrons. The molecule has 0 saturated carbocycles. The molecule has 0 radical (unpaired) electrons. The van der Waals surface area contributed by atoms with Gasteiger partial charge in [0.15, 0.2) is 0 Å². The highest BCUT2D eigenvalue weighted by atomic mass is 32.2. The fraction of sp³-hybridized carbons (Fsp3) is 0.417. The third kappa shape index (κ3) is 4.67. The van der Waals surface area contributed by atoms with Crippen molar-refractivity contribution in [3.05, 3.63) is 23.8 Å². The molecule has 9 heteroatoms. The number of aliphatic hydroxyl groups is 1. The molecule has 1 rings (SSSR count). The van der Waals surface area contributed by atoms with Crippen molar-refractivity contribution < 1.29 is 27.8 Å². The minimum atomic E-state index is -3.88. The summed E-state index contributed by atoms with van der Waals surface area (Å²) in [5.41, 5.74) is 5.13. The number of ether oxygens (including phenoxy) is 2. The largest absolute Gasteiger partial charge is 0.496 e. The molecule has 0 spiro atoms. The van der Waals surface area contributed by atoms with Crippen LogP contribution in [0.4, 0.5) is 0 Å². The lowest BCUT2D eigenvalue weighted by Crippen LogP contribution is -2.34. The first-order valence-electron chi connectivity index (χ1n) is 5.96. The molecule has 0 aliphatic rings. The Labute approximate surface area is 122 Å². The van der Waals surface area contributed by atoms with Crippen molar-refractivity contribution in [1.82, 2.24) is 4.72 Å². The van der Waals surface area contributed by atoms with E-state index in [2.05, 4.69) is 4.72 Å². The number of methoxy groups -OCH3 is 2. The summed E-state index contributed by atoms with van der Waals surface area (Å²) in [4.78, 5) is 11.1. The monoisotopic (exact) mass is 318 g/mol. The Morgan fingerprint density at radius 1 is 1.43 bits per heavy atom. The second-order valence-electron chi connectivity index (χ2n) is 4.19. The van der Waals surface area contributed by atoms with Crippen molar-refractivity contribution in [1.29, 1.82) is 0 Å². The number of primary amides is 1. The summed E-state index contributed by atoms with van der Waals surface area (Å²) in [6, 6.07) is 3.72. The first kappa shape index (κ1) is 17.4. The first-order valence-corrected chi connectivity index (χ1v) is 7.44. The molecule has 0 heterocycles. The number of sulfonamides is 1. The summed E-state index contributed by atoms with van der Waals surface area (Å²) in [6.07, 6.45) is -0.973. The van der Waals surface area contributed by atoms with E-state index < -0.39 is 22.0 Å². The second kappa shape index (κ2) is 7.36. The van der Waals surface area contributed by atoms with E-state index in [1.807, 2.05) is 0 Å². The molecule has 4 N–H and O–H groups in total. The van der Waals surface area contributed by atoms with E-state index in [0.717, 1.165) is 6.07 Å². The molecular formula is C12H18N2O6S. The Hall–Kier alpha value is -1.68. The zero-order chi connectivity index (χ0) is 16.0. The molecular weight excluding hydrogens is 300 g/mol. The van der Waals surface area contributed by atoms with E-state index in [9.17, 15) is 18.3 Å². The van der Waals surface area contributed by atoms with Crippen LogP contribution >= 0.6 is 0 Å². The van der Waals surface area contributed by atoms with Crippen LogP contribution in [0.1, 0.15) is 10.4 Å². The number of rotatable bonds is 8.